The summed E-state index contributed by atoms with van der Waals surface area (Å²) < 4.78 is 18.2. The van der Waals surface area contributed by atoms with Crippen LogP contribution in [0.1, 0.15) is 28.7 Å². The average molecular weight is 481 g/mol. The summed E-state index contributed by atoms with van der Waals surface area (Å²) >= 11 is 1.33. The van der Waals surface area contributed by atoms with E-state index in [1.165, 1.54) is 11.3 Å². The molecule has 0 aliphatic heterocycles. The van der Waals surface area contributed by atoms with Crippen molar-refractivity contribution in [3.05, 3.63) is 53.0 Å². The topological polar surface area (TPSA) is 87.5 Å². The molecule has 178 valence electrons. The number of benzene rings is 2. The molecule has 1 amide bonds. The zero-order chi connectivity index (χ0) is 24.1. The minimum Gasteiger partial charge on any atom is -0.493 e. The normalized spacial score (nSPS) is 11.1. The van der Waals surface area contributed by atoms with E-state index in [1.54, 1.807) is 14.2 Å². The van der Waals surface area contributed by atoms with E-state index >= 15 is 0 Å². The molecule has 1 N–H and O–H groups in total. The molecular formula is C25H28N4O4S. The molecule has 0 fully saturated rings. The summed E-state index contributed by atoms with van der Waals surface area (Å²) in [7, 11) is 3.19. The van der Waals surface area contributed by atoms with Crippen molar-refractivity contribution in [1.82, 2.24) is 14.5 Å². The number of rotatable bonds is 10. The Bertz CT molecular complexity index is 1300. The fourth-order valence-electron chi connectivity index (χ4n) is 3.72. The summed E-state index contributed by atoms with van der Waals surface area (Å²) in [5, 5.41) is 3.73. The first kappa shape index (κ1) is 23.7. The van der Waals surface area contributed by atoms with Crippen LogP contribution >= 0.6 is 11.3 Å². The first-order chi connectivity index (χ1) is 16.5. The van der Waals surface area contributed by atoms with Crippen LogP contribution in [0.2, 0.25) is 0 Å². The molecule has 2 aromatic carbocycles. The van der Waals surface area contributed by atoms with Gasteiger partial charge in [-0.3, -0.25) is 10.1 Å². The third-order valence-electron chi connectivity index (χ3n) is 5.39. The molecule has 0 bridgehead atoms. The maximum atomic E-state index is 13.2. The maximum absolute atomic E-state index is 13.2. The number of fused-ring (bicyclic) bond motifs is 1. The summed E-state index contributed by atoms with van der Waals surface area (Å²) in [6.45, 7) is 5.84. The molecule has 9 heteroatoms. The van der Waals surface area contributed by atoms with Crippen molar-refractivity contribution in [1.29, 1.82) is 0 Å². The van der Waals surface area contributed by atoms with Crippen LogP contribution in [0.15, 0.2) is 42.5 Å². The zero-order valence-corrected chi connectivity index (χ0v) is 20.6. The Balaban J connectivity index is 1.60. The van der Waals surface area contributed by atoms with Crippen LogP contribution in [0.4, 0.5) is 5.95 Å². The summed E-state index contributed by atoms with van der Waals surface area (Å²) in [5.74, 6) is 1.53. The molecule has 0 saturated carbocycles. The number of anilines is 1. The zero-order valence-electron chi connectivity index (χ0n) is 19.8. The van der Waals surface area contributed by atoms with Crippen LogP contribution in [-0.4, -0.2) is 47.9 Å². The minimum atomic E-state index is -0.233. The number of nitrogens with one attached hydrogen (secondary N) is 1. The monoisotopic (exact) mass is 480 g/mol. The highest BCUT2D eigenvalue weighted by Crippen LogP contribution is 2.35. The minimum absolute atomic E-state index is 0.233. The smallest absolute Gasteiger partial charge is 0.269 e. The van der Waals surface area contributed by atoms with Crippen molar-refractivity contribution in [2.75, 3.05) is 32.8 Å². The second kappa shape index (κ2) is 10.7. The van der Waals surface area contributed by atoms with E-state index in [0.29, 0.717) is 47.8 Å². The van der Waals surface area contributed by atoms with Gasteiger partial charge in [0.05, 0.1) is 30.9 Å². The standard InChI is InChI=1S/C25H28N4O4S/c1-5-33-14-8-13-29-19-10-7-6-9-18(19)27-25(29)28-23(30)22-16(2)26-24(34-22)17-11-12-20(31-3)21(15-17)32-4/h6-7,9-12,15H,5,8,13-14H2,1-4H3,(H,27,28,30). The number of amides is 1. The summed E-state index contributed by atoms with van der Waals surface area (Å²) in [5.41, 5.74) is 3.32. The number of ether oxygens (including phenoxy) is 3. The average Bonchev–Trinajstić information content (AvgIpc) is 3.41. The molecule has 2 aromatic heterocycles. The SMILES string of the molecule is CCOCCCn1c(NC(=O)c2sc(-c3ccc(OC)c(OC)c3)nc2C)nc2ccccc21. The van der Waals surface area contributed by atoms with Gasteiger partial charge >= 0.3 is 0 Å². The Kier molecular flexibility index (Phi) is 7.44. The number of aryl methyl sites for hydroxylation is 2. The first-order valence-corrected chi connectivity index (χ1v) is 11.9. The van der Waals surface area contributed by atoms with Crippen molar-refractivity contribution in [3.63, 3.8) is 0 Å². The maximum Gasteiger partial charge on any atom is 0.269 e. The molecule has 0 saturated heterocycles. The molecule has 0 radical (unpaired) electrons. The Labute approximate surface area is 202 Å². The number of methoxy groups -OCH3 is 2. The Morgan fingerprint density at radius 3 is 2.65 bits per heavy atom. The van der Waals surface area contributed by atoms with Gasteiger partial charge in [0, 0.05) is 25.3 Å². The second-order valence-electron chi connectivity index (χ2n) is 7.58. The summed E-state index contributed by atoms with van der Waals surface area (Å²) in [4.78, 5) is 23.1. The van der Waals surface area contributed by atoms with Crippen LogP contribution in [0.3, 0.4) is 0 Å². The number of imidazole rings is 1. The molecular weight excluding hydrogens is 452 g/mol. The largest absolute Gasteiger partial charge is 0.493 e. The van der Waals surface area contributed by atoms with E-state index in [9.17, 15) is 4.79 Å². The van der Waals surface area contributed by atoms with Gasteiger partial charge in [0.2, 0.25) is 5.95 Å². The summed E-state index contributed by atoms with van der Waals surface area (Å²) in [6.07, 6.45) is 0.820. The van der Waals surface area contributed by atoms with Crippen molar-refractivity contribution < 1.29 is 19.0 Å². The van der Waals surface area contributed by atoms with Crippen LogP contribution in [0.25, 0.3) is 21.6 Å². The van der Waals surface area contributed by atoms with Crippen LogP contribution in [-0.2, 0) is 11.3 Å². The number of carbonyl (C=O) groups excluding carboxylic acids is 1. The molecule has 0 aliphatic carbocycles. The molecule has 0 unspecified atom stereocenters. The Morgan fingerprint density at radius 2 is 1.88 bits per heavy atom. The first-order valence-electron chi connectivity index (χ1n) is 11.1. The van der Waals surface area contributed by atoms with E-state index in [1.807, 2.05) is 60.9 Å². The van der Waals surface area contributed by atoms with Crippen molar-refractivity contribution in [2.45, 2.75) is 26.8 Å². The van der Waals surface area contributed by atoms with E-state index in [4.69, 9.17) is 14.2 Å². The van der Waals surface area contributed by atoms with Gasteiger partial charge in [-0.25, -0.2) is 9.97 Å². The van der Waals surface area contributed by atoms with E-state index in [2.05, 4.69) is 15.3 Å². The highest BCUT2D eigenvalue weighted by molar-refractivity contribution is 7.17. The lowest BCUT2D eigenvalue weighted by molar-refractivity contribution is 0.102. The van der Waals surface area contributed by atoms with Crippen molar-refractivity contribution >= 4 is 34.2 Å². The third-order valence-corrected chi connectivity index (χ3v) is 6.59. The molecule has 0 atom stereocenters. The van der Waals surface area contributed by atoms with Gasteiger partial charge in [0.1, 0.15) is 9.88 Å². The number of thiazole rings is 1. The van der Waals surface area contributed by atoms with Crippen molar-refractivity contribution in [2.24, 2.45) is 0 Å². The van der Waals surface area contributed by atoms with Gasteiger partial charge in [-0.15, -0.1) is 11.3 Å². The van der Waals surface area contributed by atoms with Crippen molar-refractivity contribution in [3.8, 4) is 22.1 Å². The van der Waals surface area contributed by atoms with Gasteiger partial charge in [0.15, 0.2) is 11.5 Å². The lowest BCUT2D eigenvalue weighted by Gasteiger charge is -2.10. The fourth-order valence-corrected chi connectivity index (χ4v) is 4.68. The summed E-state index contributed by atoms with van der Waals surface area (Å²) in [6, 6.07) is 13.4. The van der Waals surface area contributed by atoms with Crippen LogP contribution in [0.5, 0.6) is 11.5 Å². The highest BCUT2D eigenvalue weighted by Gasteiger charge is 2.20. The van der Waals surface area contributed by atoms with Crippen LogP contribution < -0.4 is 14.8 Å². The van der Waals surface area contributed by atoms with Crippen LogP contribution in [0, 0.1) is 6.92 Å². The molecule has 0 spiro atoms. The van der Waals surface area contributed by atoms with Gasteiger partial charge < -0.3 is 18.8 Å². The molecule has 0 aliphatic rings. The molecule has 8 nitrogen and oxygen atoms in total. The second-order valence-corrected chi connectivity index (χ2v) is 8.58. The Hall–Kier alpha value is -3.43. The quantitative estimate of drug-likeness (QED) is 0.315. The number of hydrogen-bond donors (Lipinski definition) is 1. The van der Waals surface area contributed by atoms with E-state index in [0.717, 1.165) is 28.0 Å². The van der Waals surface area contributed by atoms with E-state index < -0.39 is 0 Å². The predicted molar refractivity (Wildman–Crippen MR) is 134 cm³/mol. The number of para-hydroxylation sites is 2. The Morgan fingerprint density at radius 1 is 1.09 bits per heavy atom. The molecule has 34 heavy (non-hydrogen) atoms. The van der Waals surface area contributed by atoms with Gasteiger partial charge in [0.25, 0.3) is 5.91 Å². The lowest BCUT2D eigenvalue weighted by Crippen LogP contribution is -2.16. The molecule has 2 heterocycles. The van der Waals surface area contributed by atoms with E-state index in [-0.39, 0.29) is 5.91 Å². The number of aromatic nitrogens is 3. The predicted octanol–water partition coefficient (Wildman–Crippen LogP) is 5.16. The number of hydrogen-bond acceptors (Lipinski definition) is 7. The van der Waals surface area contributed by atoms with Gasteiger partial charge in [-0.05, 0) is 50.6 Å². The molecule has 4 aromatic rings. The van der Waals surface area contributed by atoms with Gasteiger partial charge in [-0.2, -0.15) is 0 Å². The van der Waals surface area contributed by atoms with Gasteiger partial charge in [-0.1, -0.05) is 12.1 Å². The lowest BCUT2D eigenvalue weighted by atomic mass is 10.2. The molecule has 4 rings (SSSR count). The highest BCUT2D eigenvalue weighted by atomic mass is 32.1. The number of carbonyl (C=O) groups is 1. The fraction of sp³-hybridized carbons (Fsp3) is 0.320. The number of nitrogens with zero attached hydrogens (tertiary/aromatic N) is 3. The third kappa shape index (κ3) is 4.90.